The standard InChI is InChI=1S/C14H14F3NS/c15-14(16,17)12-4-1-3-10(8-12)7-11(9-18)13-5-2-6-19-13/h1-6,8,11H,7,9,18H2. The highest BCUT2D eigenvalue weighted by molar-refractivity contribution is 7.10. The van der Waals surface area contributed by atoms with E-state index in [1.807, 2.05) is 17.5 Å². The number of hydrogen-bond donors (Lipinski definition) is 1. The lowest BCUT2D eigenvalue weighted by atomic mass is 9.96. The molecule has 2 N–H and O–H groups in total. The van der Waals surface area contributed by atoms with E-state index >= 15 is 0 Å². The first-order chi connectivity index (χ1) is 9.00. The Balaban J connectivity index is 2.19. The van der Waals surface area contributed by atoms with Crippen molar-refractivity contribution in [3.8, 4) is 0 Å². The Morgan fingerprint density at radius 2 is 1.95 bits per heavy atom. The van der Waals surface area contributed by atoms with Crippen LogP contribution in [0.5, 0.6) is 0 Å². The Hall–Kier alpha value is -1.33. The molecule has 0 radical (unpaired) electrons. The highest BCUT2D eigenvalue weighted by atomic mass is 32.1. The molecule has 0 aliphatic carbocycles. The van der Waals surface area contributed by atoms with Crippen molar-refractivity contribution in [3.63, 3.8) is 0 Å². The molecule has 1 nitrogen and oxygen atoms in total. The van der Waals surface area contributed by atoms with E-state index in [-0.39, 0.29) is 5.92 Å². The van der Waals surface area contributed by atoms with Crippen molar-refractivity contribution in [2.75, 3.05) is 6.54 Å². The molecule has 1 aromatic heterocycles. The van der Waals surface area contributed by atoms with Gasteiger partial charge >= 0.3 is 6.18 Å². The average molecular weight is 285 g/mol. The molecular formula is C14H14F3NS. The lowest BCUT2D eigenvalue weighted by molar-refractivity contribution is -0.137. The number of benzene rings is 1. The van der Waals surface area contributed by atoms with Crippen molar-refractivity contribution in [1.29, 1.82) is 0 Å². The first kappa shape index (κ1) is 14.1. The summed E-state index contributed by atoms with van der Waals surface area (Å²) in [5, 5.41) is 1.95. The minimum absolute atomic E-state index is 0.0727. The summed E-state index contributed by atoms with van der Waals surface area (Å²) in [7, 11) is 0. The monoisotopic (exact) mass is 285 g/mol. The molecule has 0 saturated heterocycles. The van der Waals surface area contributed by atoms with Crippen LogP contribution in [0.25, 0.3) is 0 Å². The number of alkyl halides is 3. The number of thiophene rings is 1. The van der Waals surface area contributed by atoms with Gasteiger partial charge in [0.15, 0.2) is 0 Å². The van der Waals surface area contributed by atoms with Crippen LogP contribution in [0.2, 0.25) is 0 Å². The number of rotatable bonds is 4. The molecule has 19 heavy (non-hydrogen) atoms. The topological polar surface area (TPSA) is 26.0 Å². The third kappa shape index (κ3) is 3.58. The molecule has 1 atom stereocenters. The quantitative estimate of drug-likeness (QED) is 0.901. The summed E-state index contributed by atoms with van der Waals surface area (Å²) < 4.78 is 37.9. The fraction of sp³-hybridized carbons (Fsp3) is 0.286. The third-order valence-corrected chi connectivity index (χ3v) is 4.00. The average Bonchev–Trinajstić information content (AvgIpc) is 2.89. The molecule has 0 bridgehead atoms. The van der Waals surface area contributed by atoms with Gasteiger partial charge in [-0.2, -0.15) is 13.2 Å². The lowest BCUT2D eigenvalue weighted by Gasteiger charge is -2.14. The van der Waals surface area contributed by atoms with E-state index in [1.54, 1.807) is 17.4 Å². The molecule has 1 unspecified atom stereocenters. The highest BCUT2D eigenvalue weighted by Gasteiger charge is 2.30. The Morgan fingerprint density at radius 3 is 2.53 bits per heavy atom. The zero-order valence-electron chi connectivity index (χ0n) is 10.2. The van der Waals surface area contributed by atoms with Crippen molar-refractivity contribution in [2.24, 2.45) is 5.73 Å². The second kappa shape index (κ2) is 5.75. The van der Waals surface area contributed by atoms with Crippen molar-refractivity contribution < 1.29 is 13.2 Å². The van der Waals surface area contributed by atoms with Gasteiger partial charge in [0.2, 0.25) is 0 Å². The Labute approximate surface area is 113 Å². The van der Waals surface area contributed by atoms with Gasteiger partial charge in [-0.25, -0.2) is 0 Å². The van der Waals surface area contributed by atoms with E-state index in [2.05, 4.69) is 0 Å². The van der Waals surface area contributed by atoms with Crippen LogP contribution in [0.1, 0.15) is 21.9 Å². The minimum atomic E-state index is -4.29. The van der Waals surface area contributed by atoms with Gasteiger partial charge in [-0.05, 0) is 29.5 Å². The summed E-state index contributed by atoms with van der Waals surface area (Å²) in [5.41, 5.74) is 5.78. The zero-order valence-corrected chi connectivity index (χ0v) is 11.0. The minimum Gasteiger partial charge on any atom is -0.330 e. The van der Waals surface area contributed by atoms with Gasteiger partial charge in [-0.3, -0.25) is 0 Å². The summed E-state index contributed by atoms with van der Waals surface area (Å²) in [4.78, 5) is 1.11. The molecule has 1 heterocycles. The van der Waals surface area contributed by atoms with Gasteiger partial charge in [0, 0.05) is 17.3 Å². The summed E-state index contributed by atoms with van der Waals surface area (Å²) in [6.07, 6.45) is -3.77. The number of nitrogens with two attached hydrogens (primary N) is 1. The van der Waals surface area contributed by atoms with Crippen molar-refractivity contribution in [2.45, 2.75) is 18.5 Å². The summed E-state index contributed by atoms with van der Waals surface area (Å²) in [5.74, 6) is 0.0727. The molecule has 102 valence electrons. The molecule has 0 fully saturated rings. The maximum atomic E-state index is 12.6. The maximum absolute atomic E-state index is 12.6. The molecule has 0 aliphatic heterocycles. The van der Waals surface area contributed by atoms with Crippen LogP contribution in [0.3, 0.4) is 0 Å². The van der Waals surface area contributed by atoms with Crippen LogP contribution in [-0.4, -0.2) is 6.54 Å². The highest BCUT2D eigenvalue weighted by Crippen LogP contribution is 2.31. The van der Waals surface area contributed by atoms with Crippen LogP contribution in [0, 0.1) is 0 Å². The fourth-order valence-corrected chi connectivity index (χ4v) is 2.83. The van der Waals surface area contributed by atoms with Gasteiger partial charge in [-0.15, -0.1) is 11.3 Å². The van der Waals surface area contributed by atoms with Crippen LogP contribution >= 0.6 is 11.3 Å². The second-order valence-corrected chi connectivity index (χ2v) is 5.33. The molecule has 0 spiro atoms. The van der Waals surface area contributed by atoms with Gasteiger partial charge in [0.05, 0.1) is 5.56 Å². The first-order valence-corrected chi connectivity index (χ1v) is 6.78. The van der Waals surface area contributed by atoms with Gasteiger partial charge < -0.3 is 5.73 Å². The predicted octanol–water partition coefficient (Wildman–Crippen LogP) is 4.05. The maximum Gasteiger partial charge on any atom is 0.416 e. The largest absolute Gasteiger partial charge is 0.416 e. The zero-order chi connectivity index (χ0) is 13.9. The Morgan fingerprint density at radius 1 is 1.16 bits per heavy atom. The molecular weight excluding hydrogens is 271 g/mol. The first-order valence-electron chi connectivity index (χ1n) is 5.90. The summed E-state index contributed by atoms with van der Waals surface area (Å²) in [6, 6.07) is 9.35. The number of halogens is 3. The molecule has 2 aromatic rings. The SMILES string of the molecule is NCC(Cc1cccc(C(F)(F)F)c1)c1cccs1. The van der Waals surface area contributed by atoms with Crippen molar-refractivity contribution in [1.82, 2.24) is 0 Å². The van der Waals surface area contributed by atoms with Crippen molar-refractivity contribution >= 4 is 11.3 Å². The van der Waals surface area contributed by atoms with E-state index in [0.29, 0.717) is 18.5 Å². The van der Waals surface area contributed by atoms with Crippen molar-refractivity contribution in [3.05, 3.63) is 57.8 Å². The molecule has 1 aromatic carbocycles. The molecule has 0 amide bonds. The molecule has 2 rings (SSSR count). The molecule has 0 aliphatic rings. The van der Waals surface area contributed by atoms with E-state index < -0.39 is 11.7 Å². The smallest absolute Gasteiger partial charge is 0.330 e. The number of hydrogen-bond acceptors (Lipinski definition) is 2. The second-order valence-electron chi connectivity index (χ2n) is 4.35. The van der Waals surface area contributed by atoms with E-state index in [9.17, 15) is 13.2 Å². The van der Waals surface area contributed by atoms with Crippen LogP contribution < -0.4 is 5.73 Å². The molecule has 0 saturated carbocycles. The third-order valence-electron chi connectivity index (χ3n) is 2.97. The lowest BCUT2D eigenvalue weighted by Crippen LogP contribution is -2.14. The Bertz CT molecular complexity index is 520. The van der Waals surface area contributed by atoms with Gasteiger partial charge in [0.1, 0.15) is 0 Å². The van der Waals surface area contributed by atoms with E-state index in [0.717, 1.165) is 10.9 Å². The predicted molar refractivity (Wildman–Crippen MR) is 71.3 cm³/mol. The normalized spacial score (nSPS) is 13.5. The van der Waals surface area contributed by atoms with Crippen LogP contribution in [0.15, 0.2) is 41.8 Å². The summed E-state index contributed by atoms with van der Waals surface area (Å²) >= 11 is 1.58. The van der Waals surface area contributed by atoms with E-state index in [1.165, 1.54) is 12.1 Å². The summed E-state index contributed by atoms with van der Waals surface area (Å²) in [6.45, 7) is 0.427. The Kier molecular flexibility index (Phi) is 4.27. The van der Waals surface area contributed by atoms with E-state index in [4.69, 9.17) is 5.73 Å². The van der Waals surface area contributed by atoms with Gasteiger partial charge in [0.25, 0.3) is 0 Å². The fourth-order valence-electron chi connectivity index (χ4n) is 1.98. The van der Waals surface area contributed by atoms with Gasteiger partial charge in [-0.1, -0.05) is 24.3 Å². The van der Waals surface area contributed by atoms with Crippen LogP contribution in [0.4, 0.5) is 13.2 Å². The molecule has 5 heteroatoms. The van der Waals surface area contributed by atoms with Crippen LogP contribution in [-0.2, 0) is 12.6 Å².